The second-order valence-corrected chi connectivity index (χ2v) is 4.76. The van der Waals surface area contributed by atoms with Gasteiger partial charge in [-0.1, -0.05) is 18.2 Å². The number of aliphatic carboxylic acids is 2. The maximum absolute atomic E-state index is 11.6. The smallest absolute Gasteiger partial charge is 0.251 e. The molecule has 1 N–H and O–H groups in total. The first-order valence-corrected chi connectivity index (χ1v) is 6.41. The average molecular weight is 281 g/mol. The van der Waals surface area contributed by atoms with E-state index < -0.39 is 28.8 Å². The summed E-state index contributed by atoms with van der Waals surface area (Å²) >= 11 is 0.636. The van der Waals surface area contributed by atoms with Gasteiger partial charge in [0.15, 0.2) is 0 Å². The van der Waals surface area contributed by atoms with E-state index in [1.165, 1.54) is 0 Å². The van der Waals surface area contributed by atoms with Crippen LogP contribution >= 0.6 is 11.8 Å². The van der Waals surface area contributed by atoms with Crippen LogP contribution in [0.1, 0.15) is 10.4 Å². The minimum atomic E-state index is -1.43. The van der Waals surface area contributed by atoms with Crippen LogP contribution < -0.4 is 15.5 Å². The van der Waals surface area contributed by atoms with Gasteiger partial charge in [0.2, 0.25) is 0 Å². The summed E-state index contributed by atoms with van der Waals surface area (Å²) in [5.41, 5.74) is 0.393. The van der Waals surface area contributed by atoms with Gasteiger partial charge in [0.1, 0.15) is 0 Å². The third kappa shape index (κ3) is 5.43. The Balaban J connectivity index is 2.50. The first-order valence-electron chi connectivity index (χ1n) is 5.36. The molecule has 0 aliphatic rings. The lowest BCUT2D eigenvalue weighted by Crippen LogP contribution is -2.43. The average Bonchev–Trinajstić information content (AvgIpc) is 2.38. The molecule has 0 radical (unpaired) electrons. The van der Waals surface area contributed by atoms with Gasteiger partial charge < -0.3 is 25.1 Å². The Kier molecular flexibility index (Phi) is 5.87. The molecular formula is C12H11NO5S-2. The molecule has 0 saturated heterocycles. The minimum absolute atomic E-state index is 0.214. The normalized spacial score (nSPS) is 11.6. The van der Waals surface area contributed by atoms with Crippen LogP contribution in [0.3, 0.4) is 0 Å². The zero-order chi connectivity index (χ0) is 14.3. The lowest BCUT2D eigenvalue weighted by atomic mass is 10.2. The van der Waals surface area contributed by atoms with Crippen LogP contribution in [0.15, 0.2) is 30.3 Å². The fourth-order valence-electron chi connectivity index (χ4n) is 1.26. The topological polar surface area (TPSA) is 109 Å². The van der Waals surface area contributed by atoms with Gasteiger partial charge in [-0.05, 0) is 12.1 Å². The number of hydrogen-bond acceptors (Lipinski definition) is 6. The predicted molar refractivity (Wildman–Crippen MR) is 65.0 cm³/mol. The fourth-order valence-corrected chi connectivity index (χ4v) is 1.93. The number of benzene rings is 1. The van der Waals surface area contributed by atoms with E-state index in [1.54, 1.807) is 30.3 Å². The molecule has 1 aromatic carbocycles. The number of carboxylic acid groups (broad SMARTS) is 2. The zero-order valence-electron chi connectivity index (χ0n) is 9.83. The fraction of sp³-hybridized carbons (Fsp3) is 0.250. The highest BCUT2D eigenvalue weighted by molar-refractivity contribution is 8.01. The maximum atomic E-state index is 11.6. The van der Waals surface area contributed by atoms with Crippen LogP contribution in [-0.4, -0.2) is 35.4 Å². The van der Waals surface area contributed by atoms with Crippen molar-refractivity contribution < 1.29 is 24.6 Å². The van der Waals surface area contributed by atoms with E-state index in [4.69, 9.17) is 0 Å². The number of carbonyl (C=O) groups excluding carboxylic acids is 3. The SMILES string of the molecule is O=C([O-])CS[C@H](CNC(=O)c1ccccc1)C(=O)[O-]. The molecule has 0 aromatic heterocycles. The molecule has 0 bridgehead atoms. The summed E-state index contributed by atoms with van der Waals surface area (Å²) in [6, 6.07) is 8.26. The highest BCUT2D eigenvalue weighted by Gasteiger charge is 2.13. The van der Waals surface area contributed by atoms with Crippen molar-refractivity contribution in [1.82, 2.24) is 5.32 Å². The van der Waals surface area contributed by atoms with E-state index in [0.717, 1.165) is 0 Å². The Morgan fingerprint density at radius 1 is 1.16 bits per heavy atom. The number of carbonyl (C=O) groups is 3. The van der Waals surface area contributed by atoms with Crippen molar-refractivity contribution in [3.05, 3.63) is 35.9 Å². The molecule has 1 atom stereocenters. The van der Waals surface area contributed by atoms with E-state index in [0.29, 0.717) is 17.3 Å². The van der Waals surface area contributed by atoms with Gasteiger partial charge in [-0.15, -0.1) is 11.8 Å². The lowest BCUT2D eigenvalue weighted by molar-refractivity contribution is -0.304. The summed E-state index contributed by atoms with van der Waals surface area (Å²) in [4.78, 5) is 32.7. The predicted octanol–water partition coefficient (Wildman–Crippen LogP) is -1.98. The molecule has 1 aromatic rings. The molecule has 7 heteroatoms. The molecule has 19 heavy (non-hydrogen) atoms. The second-order valence-electron chi connectivity index (χ2n) is 3.57. The van der Waals surface area contributed by atoms with Crippen LogP contribution in [0.25, 0.3) is 0 Å². The van der Waals surface area contributed by atoms with E-state index in [-0.39, 0.29) is 6.54 Å². The van der Waals surface area contributed by atoms with Crippen molar-refractivity contribution in [2.75, 3.05) is 12.3 Å². The summed E-state index contributed by atoms with van der Waals surface area (Å²) < 4.78 is 0. The molecule has 0 aliphatic heterocycles. The molecule has 0 aliphatic carbocycles. The van der Waals surface area contributed by atoms with Crippen molar-refractivity contribution >= 4 is 29.6 Å². The van der Waals surface area contributed by atoms with Crippen LogP contribution in [0.4, 0.5) is 0 Å². The number of rotatable bonds is 7. The molecule has 0 spiro atoms. The standard InChI is InChI=1S/C12H13NO5S/c14-10(15)7-19-9(12(17)18)6-13-11(16)8-4-2-1-3-5-8/h1-5,9H,6-7H2,(H,13,16)(H,14,15)(H,17,18)/p-2/t9-/m1/s1. The second kappa shape index (κ2) is 7.42. The summed E-state index contributed by atoms with van der Waals surface area (Å²) in [5, 5.41) is 22.3. The summed E-state index contributed by atoms with van der Waals surface area (Å²) in [5.74, 6) is -3.70. The number of nitrogens with one attached hydrogen (secondary N) is 1. The van der Waals surface area contributed by atoms with Gasteiger partial charge in [0, 0.05) is 17.9 Å². The van der Waals surface area contributed by atoms with Crippen molar-refractivity contribution in [2.24, 2.45) is 0 Å². The molecule has 102 valence electrons. The van der Waals surface area contributed by atoms with Crippen LogP contribution in [0.2, 0.25) is 0 Å². The quantitative estimate of drug-likeness (QED) is 0.620. The Hall–Kier alpha value is -2.02. The highest BCUT2D eigenvalue weighted by atomic mass is 32.2. The molecule has 0 fully saturated rings. The summed E-state index contributed by atoms with van der Waals surface area (Å²) in [6.45, 7) is -0.214. The Morgan fingerprint density at radius 3 is 2.32 bits per heavy atom. The molecule has 0 unspecified atom stereocenters. The van der Waals surface area contributed by atoms with Crippen LogP contribution in [0.5, 0.6) is 0 Å². The Labute approximate surface area is 113 Å². The van der Waals surface area contributed by atoms with Gasteiger partial charge in [-0.2, -0.15) is 0 Å². The summed E-state index contributed by atoms with van der Waals surface area (Å²) in [6.07, 6.45) is 0. The van der Waals surface area contributed by atoms with Gasteiger partial charge in [-0.25, -0.2) is 0 Å². The van der Waals surface area contributed by atoms with Gasteiger partial charge in [0.25, 0.3) is 5.91 Å². The molecular weight excluding hydrogens is 270 g/mol. The van der Waals surface area contributed by atoms with E-state index in [2.05, 4.69) is 5.32 Å². The molecule has 0 saturated carbocycles. The van der Waals surface area contributed by atoms with Crippen molar-refractivity contribution in [3.63, 3.8) is 0 Å². The Bertz CT molecular complexity index is 462. The third-order valence-corrected chi connectivity index (χ3v) is 3.31. The van der Waals surface area contributed by atoms with Gasteiger partial charge in [-0.3, -0.25) is 4.79 Å². The lowest BCUT2D eigenvalue weighted by Gasteiger charge is -2.18. The first kappa shape index (κ1) is 15.0. The van der Waals surface area contributed by atoms with Crippen molar-refractivity contribution in [1.29, 1.82) is 0 Å². The molecule has 6 nitrogen and oxygen atoms in total. The van der Waals surface area contributed by atoms with E-state index >= 15 is 0 Å². The largest absolute Gasteiger partial charge is 0.549 e. The molecule has 1 amide bonds. The number of hydrogen-bond donors (Lipinski definition) is 1. The number of thioether (sulfide) groups is 1. The van der Waals surface area contributed by atoms with Crippen LogP contribution in [0, 0.1) is 0 Å². The first-order chi connectivity index (χ1) is 9.00. The van der Waals surface area contributed by atoms with E-state index in [1.807, 2.05) is 0 Å². The molecule has 1 rings (SSSR count). The number of carboxylic acids is 2. The minimum Gasteiger partial charge on any atom is -0.549 e. The zero-order valence-corrected chi connectivity index (χ0v) is 10.6. The molecule has 0 heterocycles. The Morgan fingerprint density at radius 2 is 1.79 bits per heavy atom. The monoisotopic (exact) mass is 281 g/mol. The van der Waals surface area contributed by atoms with Gasteiger partial charge in [0.05, 0.1) is 17.2 Å². The third-order valence-electron chi connectivity index (χ3n) is 2.15. The highest BCUT2D eigenvalue weighted by Crippen LogP contribution is 2.09. The van der Waals surface area contributed by atoms with Gasteiger partial charge >= 0.3 is 0 Å². The number of amides is 1. The van der Waals surface area contributed by atoms with Crippen molar-refractivity contribution in [2.45, 2.75) is 5.25 Å². The maximum Gasteiger partial charge on any atom is 0.251 e. The summed E-state index contributed by atoms with van der Waals surface area (Å²) in [7, 11) is 0. The van der Waals surface area contributed by atoms with Crippen LogP contribution in [-0.2, 0) is 9.59 Å². The van der Waals surface area contributed by atoms with Crippen molar-refractivity contribution in [3.8, 4) is 0 Å². The van der Waals surface area contributed by atoms with E-state index in [9.17, 15) is 24.6 Å².